The Balaban J connectivity index is 1.14. The Kier molecular flexibility index (Phi) is 6.72. The molecule has 0 radical (unpaired) electrons. The number of carbonyl (C=O) groups excluding carboxylic acids is 1. The summed E-state index contributed by atoms with van der Waals surface area (Å²) in [5, 5.41) is 8.88. The van der Waals surface area contributed by atoms with Crippen molar-refractivity contribution in [2.75, 3.05) is 0 Å². The first-order chi connectivity index (χ1) is 22.2. The molecular weight excluding hydrogens is 658 g/mol. The maximum atomic E-state index is 13.6. The maximum absolute atomic E-state index is 13.6. The van der Waals surface area contributed by atoms with Crippen molar-refractivity contribution < 1.29 is 22.3 Å². The van der Waals surface area contributed by atoms with E-state index in [1.54, 1.807) is 6.07 Å². The molecule has 222 valence electrons. The van der Waals surface area contributed by atoms with Gasteiger partial charge in [-0.1, -0.05) is 82.7 Å². The van der Waals surface area contributed by atoms with Crippen molar-refractivity contribution in [3.8, 4) is 11.1 Å². The molecule has 5 nitrogen and oxygen atoms in total. The lowest BCUT2D eigenvalue weighted by molar-refractivity contribution is -0.657. The van der Waals surface area contributed by atoms with Crippen molar-refractivity contribution in [1.82, 2.24) is 0 Å². The van der Waals surface area contributed by atoms with Crippen LogP contribution in [0.2, 0.25) is 0 Å². The monoisotopic (exact) mass is 682 g/mol. The number of nitrogens with zero attached hydrogens (tertiary/aromatic N) is 1. The Morgan fingerprint density at radius 1 is 0.609 bits per heavy atom. The number of aromatic nitrogens is 1. The SMILES string of the molecule is O=C(C[n+]1cccc2cc(-c3ccc4c(c3)c(Br)cc3ccc(S(=O)(=O)O)cc34)ccc21)c1ccc2ccc3ccccc3c2c1. The molecule has 0 saturated heterocycles. The molecule has 1 N–H and O–H groups in total. The quantitative estimate of drug-likeness (QED) is 0.0850. The lowest BCUT2D eigenvalue weighted by atomic mass is 9.96. The molecule has 1 aromatic heterocycles. The van der Waals surface area contributed by atoms with E-state index >= 15 is 0 Å². The molecule has 46 heavy (non-hydrogen) atoms. The number of pyridine rings is 1. The number of ketones is 1. The van der Waals surface area contributed by atoms with E-state index in [4.69, 9.17) is 0 Å². The lowest BCUT2D eigenvalue weighted by Crippen LogP contribution is -2.38. The molecule has 0 amide bonds. The van der Waals surface area contributed by atoms with E-state index in [1.165, 1.54) is 12.1 Å². The smallest absolute Gasteiger partial charge is 0.287 e. The number of halogens is 1. The second-order valence-electron chi connectivity index (χ2n) is 11.5. The highest BCUT2D eigenvalue weighted by molar-refractivity contribution is 9.10. The fraction of sp³-hybridized carbons (Fsp3) is 0.0256. The molecule has 7 heteroatoms. The summed E-state index contributed by atoms with van der Waals surface area (Å²) < 4.78 is 36.1. The Morgan fingerprint density at radius 3 is 2.15 bits per heavy atom. The topological polar surface area (TPSA) is 75.3 Å². The maximum Gasteiger partial charge on any atom is 0.294 e. The Bertz CT molecular complexity index is 2690. The third-order valence-electron chi connectivity index (χ3n) is 8.77. The van der Waals surface area contributed by atoms with Gasteiger partial charge in [-0.2, -0.15) is 13.0 Å². The van der Waals surface area contributed by atoms with Gasteiger partial charge in [0.25, 0.3) is 10.1 Å². The molecule has 0 unspecified atom stereocenters. The highest BCUT2D eigenvalue weighted by Gasteiger charge is 2.18. The van der Waals surface area contributed by atoms with Crippen LogP contribution in [0, 0.1) is 0 Å². The van der Waals surface area contributed by atoms with Crippen molar-refractivity contribution in [1.29, 1.82) is 0 Å². The van der Waals surface area contributed by atoms with E-state index in [-0.39, 0.29) is 17.2 Å². The van der Waals surface area contributed by atoms with Crippen LogP contribution in [0.4, 0.5) is 0 Å². The molecule has 0 bridgehead atoms. The molecular formula is C39H25BrNO4S+. The van der Waals surface area contributed by atoms with Gasteiger partial charge >= 0.3 is 0 Å². The first-order valence-corrected chi connectivity index (χ1v) is 17.0. The molecule has 8 aromatic rings. The van der Waals surface area contributed by atoms with Crippen molar-refractivity contribution in [2.45, 2.75) is 11.4 Å². The van der Waals surface area contributed by atoms with Crippen LogP contribution in [-0.4, -0.2) is 18.8 Å². The predicted molar refractivity (Wildman–Crippen MR) is 188 cm³/mol. The molecule has 0 aliphatic carbocycles. The standard InChI is InChI=1S/C39H24BrNO4S/c40-37-21-28-11-14-31(46(43,44)45)22-35(28)33-15-12-27(19-36(33)37)26-13-16-38-29(18-26)5-3-17-41(38)23-39(42)30-10-9-25-8-7-24-4-1-2-6-32(24)34(25)20-30/h1-22H,23H2/p+1. The van der Waals surface area contributed by atoms with Gasteiger partial charge in [-0.3, -0.25) is 9.35 Å². The van der Waals surface area contributed by atoms with Crippen LogP contribution in [0.5, 0.6) is 0 Å². The number of fused-ring (bicyclic) bond motifs is 7. The van der Waals surface area contributed by atoms with Gasteiger partial charge in [0.15, 0.2) is 6.20 Å². The summed E-state index contributed by atoms with van der Waals surface area (Å²) in [6, 6.07) is 41.2. The highest BCUT2D eigenvalue weighted by atomic mass is 79.9. The summed E-state index contributed by atoms with van der Waals surface area (Å²) in [7, 11) is -4.32. The second kappa shape index (κ2) is 10.8. The van der Waals surface area contributed by atoms with Gasteiger partial charge in [0.1, 0.15) is 0 Å². The normalized spacial score (nSPS) is 12.0. The molecule has 1 heterocycles. The number of carbonyl (C=O) groups is 1. The van der Waals surface area contributed by atoms with E-state index in [2.05, 4.69) is 58.4 Å². The summed E-state index contributed by atoms with van der Waals surface area (Å²) in [6.45, 7) is 0.217. The van der Waals surface area contributed by atoms with Crippen molar-refractivity contribution in [3.63, 3.8) is 0 Å². The van der Waals surface area contributed by atoms with E-state index in [9.17, 15) is 17.8 Å². The summed E-state index contributed by atoms with van der Waals surface area (Å²) in [4.78, 5) is 13.4. The second-order valence-corrected chi connectivity index (χ2v) is 13.8. The van der Waals surface area contributed by atoms with Gasteiger partial charge in [0.05, 0.1) is 4.90 Å². The van der Waals surface area contributed by atoms with Crippen molar-refractivity contribution in [3.05, 3.63) is 144 Å². The van der Waals surface area contributed by atoms with Gasteiger partial charge in [0.2, 0.25) is 17.8 Å². The molecule has 7 aromatic carbocycles. The first kappa shape index (κ1) is 28.5. The van der Waals surface area contributed by atoms with Gasteiger partial charge in [-0.15, -0.1) is 0 Å². The largest absolute Gasteiger partial charge is 0.294 e. The number of rotatable bonds is 5. The van der Waals surface area contributed by atoms with Crippen molar-refractivity contribution in [2.24, 2.45) is 0 Å². The Labute approximate surface area is 273 Å². The predicted octanol–water partition coefficient (Wildman–Crippen LogP) is 9.30. The number of hydrogen-bond donors (Lipinski definition) is 1. The van der Waals surface area contributed by atoms with Crippen LogP contribution in [-0.2, 0) is 16.7 Å². The summed E-state index contributed by atoms with van der Waals surface area (Å²) in [6.07, 6.45) is 1.94. The third kappa shape index (κ3) is 4.93. The zero-order valence-electron chi connectivity index (χ0n) is 24.3. The van der Waals surface area contributed by atoms with Gasteiger partial charge < -0.3 is 0 Å². The molecule has 0 saturated carbocycles. The zero-order valence-corrected chi connectivity index (χ0v) is 26.7. The van der Waals surface area contributed by atoms with E-state index < -0.39 is 10.1 Å². The average molecular weight is 684 g/mol. The fourth-order valence-corrected chi connectivity index (χ4v) is 7.53. The molecule has 0 aliphatic heterocycles. The Hall–Kier alpha value is -4.95. The minimum absolute atomic E-state index is 0.0418. The summed E-state index contributed by atoms with van der Waals surface area (Å²) >= 11 is 3.70. The molecule has 8 rings (SSSR count). The minimum atomic E-state index is -4.32. The molecule has 0 aliphatic rings. The third-order valence-corrected chi connectivity index (χ3v) is 10.3. The summed E-state index contributed by atoms with van der Waals surface area (Å²) in [5.74, 6) is 0.0418. The zero-order chi connectivity index (χ0) is 31.6. The number of Topliss-reactive ketones (excluding diaryl/α,β-unsaturated/α-hetero) is 1. The van der Waals surface area contributed by atoms with Gasteiger partial charge in [-0.05, 0) is 103 Å². The fourth-order valence-electron chi connectivity index (χ4n) is 6.44. The highest BCUT2D eigenvalue weighted by Crippen LogP contribution is 2.36. The van der Waals surface area contributed by atoms with Gasteiger partial charge in [0, 0.05) is 27.6 Å². The molecule has 0 atom stereocenters. The number of benzene rings is 7. The van der Waals surface area contributed by atoms with Crippen LogP contribution in [0.3, 0.4) is 0 Å². The van der Waals surface area contributed by atoms with Crippen LogP contribution in [0.15, 0.2) is 143 Å². The van der Waals surface area contributed by atoms with E-state index in [0.29, 0.717) is 5.56 Å². The van der Waals surface area contributed by atoms with E-state index in [0.717, 1.165) is 69.6 Å². The lowest BCUT2D eigenvalue weighted by Gasteiger charge is -2.11. The van der Waals surface area contributed by atoms with Gasteiger partial charge in [-0.25, -0.2) is 0 Å². The summed E-state index contributed by atoms with van der Waals surface area (Å²) in [5.41, 5.74) is 3.65. The molecule has 0 fully saturated rings. The van der Waals surface area contributed by atoms with E-state index in [1.807, 2.05) is 77.5 Å². The minimum Gasteiger partial charge on any atom is -0.287 e. The number of hydrogen-bond acceptors (Lipinski definition) is 3. The van der Waals surface area contributed by atoms with Crippen LogP contribution in [0.25, 0.3) is 65.1 Å². The molecule has 0 spiro atoms. The van der Waals surface area contributed by atoms with Crippen LogP contribution in [0.1, 0.15) is 10.4 Å². The van der Waals surface area contributed by atoms with Crippen LogP contribution >= 0.6 is 15.9 Å². The Morgan fingerprint density at radius 2 is 1.30 bits per heavy atom. The van der Waals surface area contributed by atoms with Crippen LogP contribution < -0.4 is 4.57 Å². The van der Waals surface area contributed by atoms with Crippen molar-refractivity contribution >= 4 is 85.8 Å². The average Bonchev–Trinajstić information content (AvgIpc) is 3.07. The first-order valence-electron chi connectivity index (χ1n) is 14.7.